The van der Waals surface area contributed by atoms with Gasteiger partial charge in [-0.2, -0.15) is 5.10 Å². The first-order valence-electron chi connectivity index (χ1n) is 8.97. The fourth-order valence-electron chi connectivity index (χ4n) is 3.17. The maximum Gasteiger partial charge on any atom is 0.291 e. The maximum atomic E-state index is 13.0. The van der Waals surface area contributed by atoms with E-state index < -0.39 is 0 Å². The van der Waals surface area contributed by atoms with E-state index in [-0.39, 0.29) is 5.91 Å². The number of para-hydroxylation sites is 1. The number of benzene rings is 2. The Balaban J connectivity index is 1.46. The number of aryl methyl sites for hydroxylation is 1. The highest BCUT2D eigenvalue weighted by Gasteiger charge is 2.21. The van der Waals surface area contributed by atoms with Crippen LogP contribution < -0.4 is 5.32 Å². The van der Waals surface area contributed by atoms with E-state index in [2.05, 4.69) is 20.5 Å². The number of anilines is 1. The molecule has 0 aliphatic heterocycles. The van der Waals surface area contributed by atoms with Crippen LogP contribution in [0.2, 0.25) is 0 Å². The van der Waals surface area contributed by atoms with Crippen molar-refractivity contribution in [3.63, 3.8) is 0 Å². The van der Waals surface area contributed by atoms with Crippen molar-refractivity contribution in [2.75, 3.05) is 5.32 Å². The van der Waals surface area contributed by atoms with Gasteiger partial charge in [0.25, 0.3) is 5.91 Å². The molecule has 2 N–H and O–H groups in total. The summed E-state index contributed by atoms with van der Waals surface area (Å²) in [4.78, 5) is 17.5. The van der Waals surface area contributed by atoms with Crippen LogP contribution in [0.3, 0.4) is 0 Å². The Hall–Kier alpha value is -3.10. The number of furan rings is 1. The third kappa shape index (κ3) is 3.52. The standard InChI is InChI=1S/C21H16N4O2S2/c1-12-10-28-21(23-12)29-11-16-15-4-2-3-5-18(15)27-19(16)20(26)24-14-6-7-17-13(8-14)9-22-25-17/h2-10H,11H2,1H3,(H,22,25)(H,24,26). The third-order valence-electron chi connectivity index (χ3n) is 4.54. The number of hydrogen-bond acceptors (Lipinski definition) is 6. The van der Waals surface area contributed by atoms with E-state index in [1.807, 2.05) is 54.8 Å². The van der Waals surface area contributed by atoms with Gasteiger partial charge in [-0.05, 0) is 31.2 Å². The average molecular weight is 421 g/mol. The third-order valence-corrected chi connectivity index (χ3v) is 6.71. The van der Waals surface area contributed by atoms with Crippen LogP contribution >= 0.6 is 23.1 Å². The quantitative estimate of drug-likeness (QED) is 0.361. The van der Waals surface area contributed by atoms with E-state index in [0.717, 1.165) is 31.9 Å². The van der Waals surface area contributed by atoms with Gasteiger partial charge in [-0.25, -0.2) is 4.98 Å². The molecule has 0 bridgehead atoms. The lowest BCUT2D eigenvalue weighted by molar-refractivity contribution is 0.0998. The van der Waals surface area contributed by atoms with Gasteiger partial charge in [-0.15, -0.1) is 11.3 Å². The van der Waals surface area contributed by atoms with Crippen molar-refractivity contribution in [2.45, 2.75) is 17.0 Å². The summed E-state index contributed by atoms with van der Waals surface area (Å²) < 4.78 is 6.91. The number of hydrogen-bond donors (Lipinski definition) is 2. The van der Waals surface area contributed by atoms with Crippen LogP contribution in [0.25, 0.3) is 21.9 Å². The first-order valence-corrected chi connectivity index (χ1v) is 10.8. The largest absolute Gasteiger partial charge is 0.451 e. The predicted octanol–water partition coefficient (Wildman–Crippen LogP) is 5.62. The first kappa shape index (κ1) is 18.0. The first-order chi connectivity index (χ1) is 14.2. The molecule has 3 aromatic heterocycles. The fraction of sp³-hybridized carbons (Fsp3) is 0.0952. The van der Waals surface area contributed by atoms with Gasteiger partial charge in [0.15, 0.2) is 5.76 Å². The number of amides is 1. The number of aromatic nitrogens is 3. The van der Waals surface area contributed by atoms with Crippen LogP contribution in [-0.2, 0) is 5.75 Å². The number of thiazole rings is 1. The van der Waals surface area contributed by atoms with E-state index in [1.165, 1.54) is 0 Å². The molecule has 0 saturated heterocycles. The number of rotatable bonds is 5. The number of nitrogens with zero attached hydrogens (tertiary/aromatic N) is 2. The molecule has 1 amide bonds. The van der Waals surface area contributed by atoms with Crippen LogP contribution in [0.15, 0.2) is 62.8 Å². The smallest absolute Gasteiger partial charge is 0.291 e. The summed E-state index contributed by atoms with van der Waals surface area (Å²) in [7, 11) is 0. The highest BCUT2D eigenvalue weighted by atomic mass is 32.2. The molecule has 0 aliphatic rings. The Labute approximate surface area is 174 Å². The Morgan fingerprint density at radius 3 is 3.03 bits per heavy atom. The molecule has 5 aromatic rings. The summed E-state index contributed by atoms with van der Waals surface area (Å²) in [6.45, 7) is 1.98. The second kappa shape index (κ2) is 7.38. The normalized spacial score (nSPS) is 11.3. The van der Waals surface area contributed by atoms with Crippen LogP contribution in [0.5, 0.6) is 0 Å². The molecular formula is C21H16N4O2S2. The van der Waals surface area contributed by atoms with Crippen LogP contribution in [0.4, 0.5) is 5.69 Å². The zero-order chi connectivity index (χ0) is 19.8. The highest BCUT2D eigenvalue weighted by Crippen LogP contribution is 2.33. The average Bonchev–Trinajstić information content (AvgIpc) is 3.44. The van der Waals surface area contributed by atoms with Crippen molar-refractivity contribution in [1.29, 1.82) is 0 Å². The van der Waals surface area contributed by atoms with E-state index >= 15 is 0 Å². The molecule has 0 unspecified atom stereocenters. The summed E-state index contributed by atoms with van der Waals surface area (Å²) in [5, 5.41) is 13.8. The number of fused-ring (bicyclic) bond motifs is 2. The number of aromatic amines is 1. The Kier molecular flexibility index (Phi) is 4.57. The van der Waals surface area contributed by atoms with Gasteiger partial charge in [0.2, 0.25) is 0 Å². The maximum absolute atomic E-state index is 13.0. The summed E-state index contributed by atoms with van der Waals surface area (Å²) in [6, 6.07) is 13.3. The van der Waals surface area contributed by atoms with E-state index in [1.54, 1.807) is 29.3 Å². The second-order valence-electron chi connectivity index (χ2n) is 6.58. The molecule has 0 aliphatic carbocycles. The molecule has 29 heavy (non-hydrogen) atoms. The zero-order valence-electron chi connectivity index (χ0n) is 15.4. The SMILES string of the molecule is Cc1csc(SCc2c(C(=O)Nc3ccc4[nH]ncc4c3)oc3ccccc23)n1. The lowest BCUT2D eigenvalue weighted by Gasteiger charge is -2.05. The molecule has 0 fully saturated rings. The topological polar surface area (TPSA) is 83.8 Å². The molecule has 6 nitrogen and oxygen atoms in total. The van der Waals surface area contributed by atoms with Gasteiger partial charge in [-0.1, -0.05) is 30.0 Å². The molecule has 8 heteroatoms. The number of thioether (sulfide) groups is 1. The zero-order valence-corrected chi connectivity index (χ0v) is 17.1. The molecule has 0 saturated carbocycles. The minimum atomic E-state index is -0.269. The summed E-state index contributed by atoms with van der Waals surface area (Å²) >= 11 is 3.22. The Morgan fingerprint density at radius 1 is 1.28 bits per heavy atom. The molecule has 0 atom stereocenters. The van der Waals surface area contributed by atoms with Gasteiger partial charge in [-0.3, -0.25) is 9.89 Å². The molecule has 144 valence electrons. The van der Waals surface area contributed by atoms with Gasteiger partial charge in [0.05, 0.1) is 11.7 Å². The van der Waals surface area contributed by atoms with Crippen molar-refractivity contribution in [3.05, 3.63) is 71.1 Å². The van der Waals surface area contributed by atoms with Gasteiger partial charge >= 0.3 is 0 Å². The van der Waals surface area contributed by atoms with E-state index in [0.29, 0.717) is 22.8 Å². The molecular weight excluding hydrogens is 404 g/mol. The number of nitrogens with one attached hydrogen (secondary N) is 2. The van der Waals surface area contributed by atoms with Crippen molar-refractivity contribution in [1.82, 2.24) is 15.2 Å². The van der Waals surface area contributed by atoms with Gasteiger partial charge < -0.3 is 9.73 Å². The predicted molar refractivity (Wildman–Crippen MR) is 117 cm³/mol. The minimum Gasteiger partial charge on any atom is -0.451 e. The Morgan fingerprint density at radius 2 is 2.17 bits per heavy atom. The van der Waals surface area contributed by atoms with Crippen molar-refractivity contribution >= 4 is 56.6 Å². The molecule has 5 rings (SSSR count). The number of carbonyl (C=O) groups is 1. The molecule has 0 radical (unpaired) electrons. The van der Waals surface area contributed by atoms with Crippen molar-refractivity contribution in [2.24, 2.45) is 0 Å². The van der Waals surface area contributed by atoms with Crippen LogP contribution in [-0.4, -0.2) is 21.1 Å². The lowest BCUT2D eigenvalue weighted by Crippen LogP contribution is -2.12. The van der Waals surface area contributed by atoms with Crippen molar-refractivity contribution in [3.8, 4) is 0 Å². The minimum absolute atomic E-state index is 0.269. The molecule has 2 aromatic carbocycles. The van der Waals surface area contributed by atoms with E-state index in [9.17, 15) is 4.79 Å². The highest BCUT2D eigenvalue weighted by molar-refractivity contribution is 8.00. The second-order valence-corrected chi connectivity index (χ2v) is 8.66. The van der Waals surface area contributed by atoms with Crippen LogP contribution in [0.1, 0.15) is 21.8 Å². The lowest BCUT2D eigenvalue weighted by atomic mass is 10.1. The number of carbonyl (C=O) groups excluding carboxylic acids is 1. The fourth-order valence-corrected chi connectivity index (χ4v) is 5.04. The molecule has 0 spiro atoms. The molecule has 3 heterocycles. The number of H-pyrrole nitrogens is 1. The van der Waals surface area contributed by atoms with Gasteiger partial charge in [0, 0.05) is 38.9 Å². The monoisotopic (exact) mass is 420 g/mol. The summed E-state index contributed by atoms with van der Waals surface area (Å²) in [6.07, 6.45) is 1.73. The van der Waals surface area contributed by atoms with E-state index in [4.69, 9.17) is 4.42 Å². The Bertz CT molecular complexity index is 1330. The van der Waals surface area contributed by atoms with Crippen molar-refractivity contribution < 1.29 is 9.21 Å². The summed E-state index contributed by atoms with van der Waals surface area (Å²) in [5.74, 6) is 0.669. The van der Waals surface area contributed by atoms with Crippen LogP contribution in [0, 0.1) is 6.92 Å². The summed E-state index contributed by atoms with van der Waals surface area (Å²) in [5.41, 5.74) is 4.19. The van der Waals surface area contributed by atoms with Gasteiger partial charge in [0.1, 0.15) is 9.92 Å².